The van der Waals surface area contributed by atoms with Gasteiger partial charge in [-0.2, -0.15) is 5.26 Å². The summed E-state index contributed by atoms with van der Waals surface area (Å²) in [6.45, 7) is 0. The number of nitriles is 1. The molecule has 1 aliphatic rings. The van der Waals surface area contributed by atoms with Gasteiger partial charge in [0, 0.05) is 9.26 Å². The number of amides is 1. The molecule has 1 aliphatic carbocycles. The van der Waals surface area contributed by atoms with E-state index in [4.69, 9.17) is 5.11 Å². The molecule has 0 heterocycles. The van der Waals surface area contributed by atoms with Crippen LogP contribution in [0.25, 0.3) is 0 Å². The van der Waals surface area contributed by atoms with Crippen molar-refractivity contribution in [3.63, 3.8) is 0 Å². The van der Waals surface area contributed by atoms with Crippen molar-refractivity contribution in [2.24, 2.45) is 5.41 Å². The molecule has 0 atom stereocenters. The zero-order valence-electron chi connectivity index (χ0n) is 10.6. The number of carboxylic acids is 1. The van der Waals surface area contributed by atoms with Gasteiger partial charge in [-0.3, -0.25) is 4.79 Å². The summed E-state index contributed by atoms with van der Waals surface area (Å²) in [5.41, 5.74) is -0.435. The highest BCUT2D eigenvalue weighted by Crippen LogP contribution is 2.38. The molecule has 0 saturated heterocycles. The number of carboxylic acid groups (broad SMARTS) is 1. The van der Waals surface area contributed by atoms with Gasteiger partial charge in [-0.1, -0.05) is 12.8 Å². The van der Waals surface area contributed by atoms with Crippen LogP contribution in [0.5, 0.6) is 0 Å². The number of rotatable bonds is 3. The Hall–Kier alpha value is -1.62. The van der Waals surface area contributed by atoms with Crippen LogP contribution in [-0.4, -0.2) is 17.0 Å². The normalized spacial score (nSPS) is 16.4. The number of nitrogens with one attached hydrogen (secondary N) is 1. The first-order chi connectivity index (χ1) is 9.47. The van der Waals surface area contributed by atoms with Crippen LogP contribution in [0, 0.1) is 20.3 Å². The Morgan fingerprint density at radius 3 is 2.50 bits per heavy atom. The van der Waals surface area contributed by atoms with Crippen LogP contribution < -0.4 is 5.32 Å². The Morgan fingerprint density at radius 2 is 1.95 bits per heavy atom. The molecular weight excluding hydrogens is 371 g/mol. The summed E-state index contributed by atoms with van der Waals surface area (Å²) < 4.78 is 0.718. The van der Waals surface area contributed by atoms with Gasteiger partial charge < -0.3 is 10.4 Å². The van der Waals surface area contributed by atoms with Gasteiger partial charge in [0.25, 0.3) is 0 Å². The van der Waals surface area contributed by atoms with Crippen molar-refractivity contribution in [2.75, 3.05) is 5.32 Å². The lowest BCUT2D eigenvalue weighted by Gasteiger charge is -2.19. The van der Waals surface area contributed by atoms with Gasteiger partial charge >= 0.3 is 5.97 Å². The molecular formula is C14H13IN2O3. The molecule has 0 bridgehead atoms. The van der Waals surface area contributed by atoms with E-state index in [0.717, 1.165) is 16.4 Å². The van der Waals surface area contributed by atoms with Gasteiger partial charge in [-0.25, -0.2) is 4.79 Å². The Labute approximate surface area is 130 Å². The summed E-state index contributed by atoms with van der Waals surface area (Å²) >= 11 is 1.99. The molecule has 5 nitrogen and oxygen atoms in total. The lowest BCUT2D eigenvalue weighted by molar-refractivity contribution is -0.122. The third kappa shape index (κ3) is 2.93. The average Bonchev–Trinajstić information content (AvgIpc) is 2.88. The van der Waals surface area contributed by atoms with Crippen LogP contribution in [0.1, 0.15) is 36.0 Å². The van der Waals surface area contributed by atoms with Gasteiger partial charge in [0.15, 0.2) is 0 Å². The molecule has 104 valence electrons. The number of anilines is 1. The second-order valence-electron chi connectivity index (χ2n) is 4.89. The van der Waals surface area contributed by atoms with E-state index in [-0.39, 0.29) is 11.5 Å². The minimum atomic E-state index is -1.05. The molecule has 0 aliphatic heterocycles. The van der Waals surface area contributed by atoms with Crippen molar-refractivity contribution < 1.29 is 14.7 Å². The molecule has 0 radical (unpaired) electrons. The third-order valence-electron chi connectivity index (χ3n) is 3.51. The quantitative estimate of drug-likeness (QED) is 0.784. The minimum Gasteiger partial charge on any atom is -0.478 e. The summed E-state index contributed by atoms with van der Waals surface area (Å²) in [6, 6.07) is 6.73. The molecule has 2 rings (SSSR count). The molecule has 0 spiro atoms. The van der Waals surface area contributed by atoms with Gasteiger partial charge in [-0.05, 0) is 53.6 Å². The number of hydrogen-bond donors (Lipinski definition) is 2. The van der Waals surface area contributed by atoms with E-state index in [9.17, 15) is 14.9 Å². The first-order valence-corrected chi connectivity index (χ1v) is 7.31. The molecule has 1 aromatic rings. The summed E-state index contributed by atoms with van der Waals surface area (Å²) in [6.07, 6.45) is 2.86. The lowest BCUT2D eigenvalue weighted by atomic mass is 9.87. The number of halogens is 1. The van der Waals surface area contributed by atoms with E-state index in [1.807, 2.05) is 22.6 Å². The molecule has 1 amide bonds. The summed E-state index contributed by atoms with van der Waals surface area (Å²) in [7, 11) is 0. The number of aromatic carboxylic acids is 1. The van der Waals surface area contributed by atoms with Crippen LogP contribution in [0.3, 0.4) is 0 Å². The Balaban J connectivity index is 2.24. The van der Waals surface area contributed by atoms with E-state index < -0.39 is 11.4 Å². The van der Waals surface area contributed by atoms with Gasteiger partial charge in [0.05, 0.1) is 11.6 Å². The van der Waals surface area contributed by atoms with E-state index in [1.165, 1.54) is 12.1 Å². The topological polar surface area (TPSA) is 90.2 Å². The van der Waals surface area contributed by atoms with Crippen LogP contribution >= 0.6 is 22.6 Å². The van der Waals surface area contributed by atoms with Crippen LogP contribution in [-0.2, 0) is 4.79 Å². The Kier molecular flexibility index (Phi) is 4.28. The van der Waals surface area contributed by atoms with Crippen molar-refractivity contribution in [3.05, 3.63) is 27.3 Å². The van der Waals surface area contributed by atoms with E-state index in [1.54, 1.807) is 6.07 Å². The highest BCUT2D eigenvalue weighted by Gasteiger charge is 2.41. The molecule has 2 N–H and O–H groups in total. The van der Waals surface area contributed by atoms with E-state index in [0.29, 0.717) is 18.5 Å². The first-order valence-electron chi connectivity index (χ1n) is 6.23. The largest absolute Gasteiger partial charge is 0.478 e. The molecule has 20 heavy (non-hydrogen) atoms. The monoisotopic (exact) mass is 384 g/mol. The highest BCUT2D eigenvalue weighted by molar-refractivity contribution is 14.1. The predicted molar refractivity (Wildman–Crippen MR) is 81.3 cm³/mol. The number of carbonyl (C=O) groups excluding carboxylic acids is 1. The van der Waals surface area contributed by atoms with Crippen molar-refractivity contribution in [1.29, 1.82) is 5.26 Å². The average molecular weight is 384 g/mol. The van der Waals surface area contributed by atoms with Crippen LogP contribution in [0.4, 0.5) is 5.69 Å². The maximum absolute atomic E-state index is 12.3. The SMILES string of the molecule is N#CC1(C(=O)Nc2cc(I)cc(C(=O)O)c2)CCCC1. The maximum atomic E-state index is 12.3. The van der Waals surface area contributed by atoms with Crippen LogP contribution in [0.15, 0.2) is 18.2 Å². The fourth-order valence-electron chi connectivity index (χ4n) is 2.40. The minimum absolute atomic E-state index is 0.115. The Bertz CT molecular complexity index is 601. The number of nitrogens with zero attached hydrogens (tertiary/aromatic N) is 1. The maximum Gasteiger partial charge on any atom is 0.335 e. The fraction of sp³-hybridized carbons (Fsp3) is 0.357. The Morgan fingerprint density at radius 1 is 1.30 bits per heavy atom. The third-order valence-corrected chi connectivity index (χ3v) is 4.13. The van der Waals surface area contributed by atoms with Gasteiger partial charge in [0.2, 0.25) is 5.91 Å². The molecule has 0 unspecified atom stereocenters. The second kappa shape index (κ2) is 5.79. The smallest absolute Gasteiger partial charge is 0.335 e. The molecule has 1 aromatic carbocycles. The standard InChI is InChI=1S/C14H13IN2O3/c15-10-5-9(12(18)19)6-11(7-10)17-13(20)14(8-16)3-1-2-4-14/h5-7H,1-4H2,(H,17,20)(H,18,19). The van der Waals surface area contributed by atoms with Crippen molar-refractivity contribution in [2.45, 2.75) is 25.7 Å². The van der Waals surface area contributed by atoms with Crippen molar-refractivity contribution in [1.82, 2.24) is 0 Å². The zero-order valence-corrected chi connectivity index (χ0v) is 12.8. The van der Waals surface area contributed by atoms with Crippen LogP contribution in [0.2, 0.25) is 0 Å². The molecule has 0 aromatic heterocycles. The zero-order chi connectivity index (χ0) is 14.8. The second-order valence-corrected chi connectivity index (χ2v) is 6.13. The molecule has 1 fully saturated rings. The number of hydrogen-bond acceptors (Lipinski definition) is 3. The lowest BCUT2D eigenvalue weighted by Crippen LogP contribution is -2.32. The molecule has 1 saturated carbocycles. The van der Waals surface area contributed by atoms with E-state index >= 15 is 0 Å². The summed E-state index contributed by atoms with van der Waals surface area (Å²) in [5, 5.41) is 20.9. The summed E-state index contributed by atoms with van der Waals surface area (Å²) in [4.78, 5) is 23.3. The van der Waals surface area contributed by atoms with Gasteiger partial charge in [0.1, 0.15) is 5.41 Å². The first kappa shape index (κ1) is 14.8. The molecule has 6 heteroatoms. The van der Waals surface area contributed by atoms with Crippen molar-refractivity contribution in [3.8, 4) is 6.07 Å². The summed E-state index contributed by atoms with van der Waals surface area (Å²) in [5.74, 6) is -1.38. The predicted octanol–water partition coefficient (Wildman–Crippen LogP) is 3.01. The number of benzene rings is 1. The van der Waals surface area contributed by atoms with Gasteiger partial charge in [-0.15, -0.1) is 0 Å². The van der Waals surface area contributed by atoms with E-state index in [2.05, 4.69) is 11.4 Å². The van der Waals surface area contributed by atoms with Crippen molar-refractivity contribution >= 4 is 40.2 Å². The highest BCUT2D eigenvalue weighted by atomic mass is 127. The fourth-order valence-corrected chi connectivity index (χ4v) is 3.08. The number of carbonyl (C=O) groups is 2.